The molecule has 0 spiro atoms. The van der Waals surface area contributed by atoms with Crippen molar-refractivity contribution in [1.82, 2.24) is 9.97 Å². The number of nitrogens with one attached hydrogen (secondary N) is 1. The summed E-state index contributed by atoms with van der Waals surface area (Å²) >= 11 is 6.21. The molecule has 1 aromatic heterocycles. The summed E-state index contributed by atoms with van der Waals surface area (Å²) in [6, 6.07) is 0. The highest BCUT2D eigenvalue weighted by Gasteiger charge is 2.37. The van der Waals surface area contributed by atoms with Gasteiger partial charge in [-0.3, -0.25) is 0 Å². The Labute approximate surface area is 119 Å². The molecule has 1 fully saturated rings. The molecule has 0 saturated carbocycles. The van der Waals surface area contributed by atoms with Gasteiger partial charge < -0.3 is 10.1 Å². The zero-order valence-electron chi connectivity index (χ0n) is 12.2. The minimum atomic E-state index is -0.101. The molecule has 5 heteroatoms. The van der Waals surface area contributed by atoms with Crippen LogP contribution < -0.4 is 5.32 Å². The summed E-state index contributed by atoms with van der Waals surface area (Å²) in [6.45, 7) is 11.1. The second-order valence-electron chi connectivity index (χ2n) is 5.81. The van der Waals surface area contributed by atoms with Gasteiger partial charge in [0, 0.05) is 18.1 Å². The van der Waals surface area contributed by atoms with Crippen LogP contribution in [0.1, 0.15) is 51.4 Å². The molecule has 0 radical (unpaired) electrons. The van der Waals surface area contributed by atoms with Crippen LogP contribution in [0.15, 0.2) is 0 Å². The molecule has 1 aromatic rings. The zero-order chi connectivity index (χ0) is 14.2. The molecule has 1 N–H and O–H groups in total. The van der Waals surface area contributed by atoms with Crippen molar-refractivity contribution in [3.8, 4) is 0 Å². The molecule has 0 aliphatic carbocycles. The first-order chi connectivity index (χ1) is 8.83. The molecule has 1 aliphatic heterocycles. The highest BCUT2D eigenvalue weighted by molar-refractivity contribution is 6.30. The first kappa shape index (κ1) is 14.5. The molecule has 2 atom stereocenters. The molecular weight excluding hydrogens is 262 g/mol. The SMILES string of the molecule is Cc1c(Cl)nc(C(C)C)nc1NC1(C)CCOC1C. The van der Waals surface area contributed by atoms with Crippen LogP contribution in [0.4, 0.5) is 5.82 Å². The second kappa shape index (κ2) is 5.25. The van der Waals surface area contributed by atoms with Crippen molar-refractivity contribution >= 4 is 17.4 Å². The third-order valence-electron chi connectivity index (χ3n) is 3.91. The Morgan fingerprint density at radius 3 is 2.63 bits per heavy atom. The minimum Gasteiger partial charge on any atom is -0.376 e. The minimum absolute atomic E-state index is 0.101. The Bertz CT molecular complexity index is 478. The molecule has 106 valence electrons. The first-order valence-electron chi connectivity index (χ1n) is 6.77. The van der Waals surface area contributed by atoms with Crippen molar-refractivity contribution in [2.45, 2.75) is 58.6 Å². The van der Waals surface area contributed by atoms with Gasteiger partial charge in [-0.2, -0.15) is 0 Å². The van der Waals surface area contributed by atoms with E-state index in [9.17, 15) is 0 Å². The Morgan fingerprint density at radius 1 is 1.42 bits per heavy atom. The van der Waals surface area contributed by atoms with E-state index in [1.807, 2.05) is 6.92 Å². The number of halogens is 1. The lowest BCUT2D eigenvalue weighted by molar-refractivity contribution is 0.105. The summed E-state index contributed by atoms with van der Waals surface area (Å²) < 4.78 is 5.65. The maximum Gasteiger partial charge on any atom is 0.137 e. The van der Waals surface area contributed by atoms with Gasteiger partial charge in [-0.05, 0) is 27.2 Å². The molecule has 0 bridgehead atoms. The molecule has 2 unspecified atom stereocenters. The molecule has 1 aliphatic rings. The summed E-state index contributed by atoms with van der Waals surface area (Å²) in [7, 11) is 0. The fraction of sp³-hybridized carbons (Fsp3) is 0.714. The van der Waals surface area contributed by atoms with E-state index in [1.165, 1.54) is 0 Å². The molecule has 1 saturated heterocycles. The molecular formula is C14H22ClN3O. The van der Waals surface area contributed by atoms with E-state index < -0.39 is 0 Å². The summed E-state index contributed by atoms with van der Waals surface area (Å²) in [5.41, 5.74) is 0.794. The van der Waals surface area contributed by atoms with Gasteiger partial charge in [-0.25, -0.2) is 9.97 Å². The lowest BCUT2D eigenvalue weighted by Crippen LogP contribution is -2.41. The molecule has 2 rings (SSSR count). The van der Waals surface area contributed by atoms with E-state index in [0.717, 1.165) is 30.2 Å². The predicted molar refractivity (Wildman–Crippen MR) is 77.9 cm³/mol. The Hall–Kier alpha value is -0.870. The monoisotopic (exact) mass is 283 g/mol. The van der Waals surface area contributed by atoms with Gasteiger partial charge in [0.1, 0.15) is 16.8 Å². The maximum atomic E-state index is 6.21. The van der Waals surface area contributed by atoms with Crippen LogP contribution in [0, 0.1) is 6.92 Å². The van der Waals surface area contributed by atoms with Gasteiger partial charge in [0.25, 0.3) is 0 Å². The largest absolute Gasteiger partial charge is 0.376 e. The van der Waals surface area contributed by atoms with Crippen LogP contribution in [0.3, 0.4) is 0 Å². The Morgan fingerprint density at radius 2 is 2.11 bits per heavy atom. The van der Waals surface area contributed by atoms with Crippen LogP contribution in [0.2, 0.25) is 5.15 Å². The third-order valence-corrected chi connectivity index (χ3v) is 4.28. The topological polar surface area (TPSA) is 47.0 Å². The number of rotatable bonds is 3. The van der Waals surface area contributed by atoms with Crippen LogP contribution in [-0.4, -0.2) is 28.2 Å². The van der Waals surface area contributed by atoms with Crippen molar-refractivity contribution in [2.24, 2.45) is 0 Å². The number of nitrogens with zero attached hydrogens (tertiary/aromatic N) is 2. The van der Waals surface area contributed by atoms with Gasteiger partial charge >= 0.3 is 0 Å². The molecule has 0 amide bonds. The van der Waals surface area contributed by atoms with Crippen LogP contribution in [0.5, 0.6) is 0 Å². The fourth-order valence-corrected chi connectivity index (χ4v) is 2.33. The van der Waals surface area contributed by atoms with Crippen molar-refractivity contribution in [3.05, 3.63) is 16.5 Å². The highest BCUT2D eigenvalue weighted by Crippen LogP contribution is 2.32. The van der Waals surface area contributed by atoms with Crippen molar-refractivity contribution in [2.75, 3.05) is 11.9 Å². The maximum absolute atomic E-state index is 6.21. The summed E-state index contributed by atoms with van der Waals surface area (Å²) in [6.07, 6.45) is 1.12. The predicted octanol–water partition coefficient (Wildman–Crippen LogP) is 3.54. The van der Waals surface area contributed by atoms with Crippen LogP contribution in [-0.2, 0) is 4.74 Å². The number of aromatic nitrogens is 2. The zero-order valence-corrected chi connectivity index (χ0v) is 13.0. The summed E-state index contributed by atoms with van der Waals surface area (Å²) in [4.78, 5) is 8.95. The van der Waals surface area contributed by atoms with Crippen molar-refractivity contribution < 1.29 is 4.74 Å². The van der Waals surface area contributed by atoms with Gasteiger partial charge in [0.15, 0.2) is 0 Å². The second-order valence-corrected chi connectivity index (χ2v) is 6.16. The average molecular weight is 284 g/mol. The normalized spacial score (nSPS) is 27.0. The molecule has 4 nitrogen and oxygen atoms in total. The van der Waals surface area contributed by atoms with E-state index >= 15 is 0 Å². The standard InChI is InChI=1S/C14H22ClN3O/c1-8(2)12-16-11(15)9(3)13(17-12)18-14(5)6-7-19-10(14)4/h8,10H,6-7H2,1-5H3,(H,16,17,18). The van der Waals surface area contributed by atoms with Gasteiger partial charge in [0.2, 0.25) is 0 Å². The van der Waals surface area contributed by atoms with E-state index in [4.69, 9.17) is 16.3 Å². The van der Waals surface area contributed by atoms with Crippen molar-refractivity contribution in [3.63, 3.8) is 0 Å². The van der Waals surface area contributed by atoms with E-state index in [1.54, 1.807) is 0 Å². The lowest BCUT2D eigenvalue weighted by atomic mass is 9.94. The molecule has 0 aromatic carbocycles. The van der Waals surface area contributed by atoms with Crippen LogP contribution >= 0.6 is 11.6 Å². The molecule has 2 heterocycles. The number of hydrogen-bond acceptors (Lipinski definition) is 4. The lowest BCUT2D eigenvalue weighted by Gasteiger charge is -2.30. The first-order valence-corrected chi connectivity index (χ1v) is 7.15. The van der Waals surface area contributed by atoms with Gasteiger partial charge in [-0.1, -0.05) is 25.4 Å². The van der Waals surface area contributed by atoms with E-state index in [-0.39, 0.29) is 17.6 Å². The average Bonchev–Trinajstić information content (AvgIpc) is 2.65. The third kappa shape index (κ3) is 2.84. The summed E-state index contributed by atoms with van der Waals surface area (Å²) in [5, 5.41) is 4.04. The van der Waals surface area contributed by atoms with Gasteiger partial charge in [-0.15, -0.1) is 0 Å². The summed E-state index contributed by atoms with van der Waals surface area (Å²) in [5.74, 6) is 1.85. The number of anilines is 1. The number of hydrogen-bond donors (Lipinski definition) is 1. The highest BCUT2D eigenvalue weighted by atomic mass is 35.5. The smallest absolute Gasteiger partial charge is 0.137 e. The van der Waals surface area contributed by atoms with E-state index in [2.05, 4.69) is 43.0 Å². The van der Waals surface area contributed by atoms with E-state index in [0.29, 0.717) is 5.15 Å². The number of ether oxygens (including phenoxy) is 1. The Kier molecular flexibility index (Phi) is 4.02. The molecule has 19 heavy (non-hydrogen) atoms. The van der Waals surface area contributed by atoms with Gasteiger partial charge in [0.05, 0.1) is 11.6 Å². The fourth-order valence-electron chi connectivity index (χ4n) is 2.15. The quantitative estimate of drug-likeness (QED) is 0.862. The Balaban J connectivity index is 2.34. The van der Waals surface area contributed by atoms with Crippen LogP contribution in [0.25, 0.3) is 0 Å². The van der Waals surface area contributed by atoms with Crippen molar-refractivity contribution in [1.29, 1.82) is 0 Å².